The number of rotatable bonds is 9. The summed E-state index contributed by atoms with van der Waals surface area (Å²) in [6.45, 7) is 10.8. The molecular formula is C28H31BF6N4O3PRh. The summed E-state index contributed by atoms with van der Waals surface area (Å²) in [6, 6.07) is 27.8. The van der Waals surface area contributed by atoms with Crippen molar-refractivity contribution < 1.29 is 59.4 Å². The fourth-order valence-electron chi connectivity index (χ4n) is 3.00. The van der Waals surface area contributed by atoms with E-state index >= 15 is 0 Å². The first kappa shape index (κ1) is 40.9. The molecule has 3 heterocycles. The summed E-state index contributed by atoms with van der Waals surface area (Å²) in [4.78, 5) is 15.6. The maximum atomic E-state index is 9.87. The fraction of sp³-hybridized carbons (Fsp3) is 0.143. The van der Waals surface area contributed by atoms with Crippen molar-refractivity contribution in [3.63, 3.8) is 0 Å². The Balaban J connectivity index is 0.000000691. The third kappa shape index (κ3) is 26.6. The minimum Gasteiger partial charge on any atom is -0.418 e. The first-order valence-electron chi connectivity index (χ1n) is 12.4. The summed E-state index contributed by atoms with van der Waals surface area (Å²) in [5, 5.41) is 15.7. The molecule has 1 aromatic carbocycles. The van der Waals surface area contributed by atoms with Crippen LogP contribution in [0.5, 0.6) is 0 Å². The number of pyridine rings is 3. The molecule has 0 bridgehead atoms. The van der Waals surface area contributed by atoms with E-state index < -0.39 is 15.1 Å². The number of hydrogen-bond acceptors (Lipinski definition) is 7. The van der Waals surface area contributed by atoms with Gasteiger partial charge in [-0.05, 0) is 36.4 Å². The second kappa shape index (κ2) is 19.4. The van der Waals surface area contributed by atoms with E-state index in [1.165, 1.54) is 0 Å². The van der Waals surface area contributed by atoms with E-state index in [0.29, 0.717) is 0 Å². The minimum absolute atomic E-state index is 0. The van der Waals surface area contributed by atoms with Crippen LogP contribution < -0.4 is 0 Å². The third-order valence-electron chi connectivity index (χ3n) is 4.59. The van der Waals surface area contributed by atoms with Gasteiger partial charge in [0.2, 0.25) is 0 Å². The van der Waals surface area contributed by atoms with E-state index in [9.17, 15) is 25.2 Å². The van der Waals surface area contributed by atoms with Gasteiger partial charge in [0.25, 0.3) is 0 Å². The van der Waals surface area contributed by atoms with Crippen molar-refractivity contribution in [2.24, 2.45) is 0 Å². The van der Waals surface area contributed by atoms with E-state index in [-0.39, 0.29) is 26.1 Å². The van der Waals surface area contributed by atoms with Crippen molar-refractivity contribution in [2.45, 2.75) is 19.6 Å². The van der Waals surface area contributed by atoms with Gasteiger partial charge in [-0.15, -0.1) is 12.1 Å². The van der Waals surface area contributed by atoms with E-state index in [2.05, 4.69) is 31.4 Å². The summed E-state index contributed by atoms with van der Waals surface area (Å²) in [7, 11) is -12.3. The van der Waals surface area contributed by atoms with Gasteiger partial charge in [-0.25, -0.2) is 6.08 Å². The normalized spacial score (nSPS) is 11.8. The Morgan fingerprint density at radius 3 is 1.25 bits per heavy atom. The van der Waals surface area contributed by atoms with Crippen LogP contribution in [0.1, 0.15) is 22.6 Å². The van der Waals surface area contributed by atoms with Crippen LogP contribution in [0.2, 0.25) is 0 Å². The molecule has 0 aliphatic rings. The van der Waals surface area contributed by atoms with Gasteiger partial charge in [-0.2, -0.15) is 5.56 Å². The average Bonchev–Trinajstić information content (AvgIpc) is 2.94. The molecule has 0 saturated heterocycles. The predicted octanol–water partition coefficient (Wildman–Crippen LogP) is 7.39. The Morgan fingerprint density at radius 1 is 0.705 bits per heavy atom. The number of benzene rings is 1. The van der Waals surface area contributed by atoms with Crippen LogP contribution in [-0.4, -0.2) is 43.8 Å². The largest absolute Gasteiger partial charge is 3.00 e. The molecule has 16 heteroatoms. The number of halogens is 6. The monoisotopic (exact) mass is 730 g/mol. The van der Waals surface area contributed by atoms with Gasteiger partial charge in [0.05, 0.1) is 17.1 Å². The molecule has 0 saturated carbocycles. The summed E-state index contributed by atoms with van der Waals surface area (Å²) in [6.07, 6.45) is 7.07. The van der Waals surface area contributed by atoms with Crippen molar-refractivity contribution in [2.75, 3.05) is 6.61 Å². The zero-order valence-electron chi connectivity index (χ0n) is 23.2. The standard InChI is InChI=1S/C18H18N4.C8H7.C2H6BO3.F6P.Rh/c1-4-10-19-16(7-1)13-22(14-17-8-2-5-11-20-17)15-18-9-3-6-12-21-18;1-2-8-6-4-3-5-7-8;1-2-6-3(4)5;1-7(2,3,4,5)6;/h1-12H,13-15H2;1-7H;4-5H,1-2H2;;/q;3*-1;+3. The van der Waals surface area contributed by atoms with E-state index in [1.54, 1.807) is 6.08 Å². The topological polar surface area (TPSA) is 91.6 Å². The maximum Gasteiger partial charge on any atom is 3.00 e. The van der Waals surface area contributed by atoms with Gasteiger partial charge < -0.3 is 21.6 Å². The van der Waals surface area contributed by atoms with Crippen LogP contribution in [0.15, 0.2) is 104 Å². The van der Waals surface area contributed by atoms with Gasteiger partial charge in [-0.3, -0.25) is 26.4 Å². The van der Waals surface area contributed by atoms with Crippen molar-refractivity contribution >= 4 is 21.2 Å². The Bertz CT molecular complexity index is 1200. The second-order valence-electron chi connectivity index (χ2n) is 8.34. The molecule has 0 unspecified atom stereocenters. The van der Waals surface area contributed by atoms with E-state index in [1.807, 2.05) is 104 Å². The number of nitrogens with zero attached hydrogens (tertiary/aromatic N) is 4. The zero-order chi connectivity index (χ0) is 32.3. The van der Waals surface area contributed by atoms with E-state index in [0.717, 1.165) is 42.3 Å². The molecule has 0 aliphatic carbocycles. The predicted molar refractivity (Wildman–Crippen MR) is 156 cm³/mol. The molecule has 0 atom stereocenters. The molecule has 4 aromatic rings. The SMILES string of the molecule is F[P-](F)(F)(F)(F)F.[CH-]=Cc1ccccc1.[CH2-]COB(O)O.[Rh+3].c1ccc(CN(Cc2ccccn2)Cc2ccccn2)nc1. The summed E-state index contributed by atoms with van der Waals surface area (Å²) in [5.41, 5.74) is 4.21. The van der Waals surface area contributed by atoms with Crippen LogP contribution in [0, 0.1) is 13.5 Å². The first-order valence-corrected chi connectivity index (χ1v) is 14.4. The maximum absolute atomic E-state index is 10.7. The molecule has 2 N–H and O–H groups in total. The molecule has 0 amide bonds. The van der Waals surface area contributed by atoms with Crippen molar-refractivity contribution in [3.8, 4) is 0 Å². The molecule has 44 heavy (non-hydrogen) atoms. The van der Waals surface area contributed by atoms with Gasteiger partial charge in [0.15, 0.2) is 0 Å². The molecule has 0 fully saturated rings. The molecule has 0 spiro atoms. The molecule has 240 valence electrons. The Hall–Kier alpha value is -3.05. The van der Waals surface area contributed by atoms with Crippen molar-refractivity contribution in [1.82, 2.24) is 19.9 Å². The second-order valence-corrected chi connectivity index (χ2v) is 10.3. The smallest absolute Gasteiger partial charge is 0.418 e. The van der Waals surface area contributed by atoms with E-state index in [4.69, 9.17) is 16.6 Å². The van der Waals surface area contributed by atoms with Crippen LogP contribution in [-0.2, 0) is 43.8 Å². The zero-order valence-corrected chi connectivity index (χ0v) is 25.8. The fourth-order valence-corrected chi connectivity index (χ4v) is 3.00. The summed E-state index contributed by atoms with van der Waals surface area (Å²) >= 11 is 0. The van der Waals surface area contributed by atoms with Crippen LogP contribution >= 0.6 is 7.81 Å². The molecule has 0 radical (unpaired) electrons. The quantitative estimate of drug-likeness (QED) is 0.0804. The Labute approximate surface area is 265 Å². The van der Waals surface area contributed by atoms with Crippen molar-refractivity contribution in [1.29, 1.82) is 0 Å². The van der Waals surface area contributed by atoms with Crippen LogP contribution in [0.3, 0.4) is 0 Å². The average molecular weight is 730 g/mol. The molecule has 0 aliphatic heterocycles. The van der Waals surface area contributed by atoms with Crippen molar-refractivity contribution in [3.05, 3.63) is 140 Å². The number of hydrogen-bond donors (Lipinski definition) is 2. The molecular weight excluding hydrogens is 699 g/mol. The summed E-state index contributed by atoms with van der Waals surface area (Å²) < 4.78 is 63.2. The minimum atomic E-state index is -10.7. The van der Waals surface area contributed by atoms with Gasteiger partial charge in [0.1, 0.15) is 0 Å². The summed E-state index contributed by atoms with van der Waals surface area (Å²) in [5.74, 6) is 0. The Kier molecular flexibility index (Phi) is 18.0. The number of aromatic nitrogens is 3. The van der Waals surface area contributed by atoms with Gasteiger partial charge >= 0.3 is 59.8 Å². The molecule has 4 rings (SSSR count). The van der Waals surface area contributed by atoms with Crippen LogP contribution in [0.4, 0.5) is 25.2 Å². The molecule has 7 nitrogen and oxygen atoms in total. The third-order valence-corrected chi connectivity index (χ3v) is 4.59. The first-order chi connectivity index (χ1) is 20.1. The van der Waals surface area contributed by atoms with Gasteiger partial charge in [0, 0.05) is 38.2 Å². The van der Waals surface area contributed by atoms with Gasteiger partial charge in [-0.1, -0.05) is 43.0 Å². The van der Waals surface area contributed by atoms with Crippen LogP contribution in [0.25, 0.3) is 6.08 Å². The molecule has 3 aromatic heterocycles. The Morgan fingerprint density at radius 2 is 1.05 bits per heavy atom.